The Labute approximate surface area is 93.3 Å². The monoisotopic (exact) mass is 247 g/mol. The van der Waals surface area contributed by atoms with Gasteiger partial charge in [0.2, 0.25) is 10.0 Å². The lowest BCUT2D eigenvalue weighted by molar-refractivity contribution is -0.107. The van der Waals surface area contributed by atoms with Crippen molar-refractivity contribution in [1.82, 2.24) is 4.72 Å². The van der Waals surface area contributed by atoms with Crippen molar-refractivity contribution in [3.63, 3.8) is 0 Å². The highest BCUT2D eigenvalue weighted by Gasteiger charge is 2.12. The number of aldehydes is 1. The molecule has 0 aliphatic carbocycles. The second kappa shape index (κ2) is 5.25. The molecule has 1 aromatic rings. The summed E-state index contributed by atoms with van der Waals surface area (Å²) in [6, 6.07) is 5.93. The first-order valence-electron chi connectivity index (χ1n) is 4.25. The van der Waals surface area contributed by atoms with Crippen LogP contribution in [0.15, 0.2) is 29.2 Å². The van der Waals surface area contributed by atoms with Gasteiger partial charge in [-0.25, -0.2) is 13.1 Å². The Bertz CT molecular complexity index is 444. The minimum atomic E-state index is -3.55. The molecule has 0 heterocycles. The third kappa shape index (κ3) is 3.62. The summed E-state index contributed by atoms with van der Waals surface area (Å²) in [5.74, 6) is 0. The fraction of sp³-hybridized carbons (Fsp3) is 0.222. The van der Waals surface area contributed by atoms with E-state index in [0.717, 1.165) is 0 Å². The predicted molar refractivity (Wildman–Crippen MR) is 57.3 cm³/mol. The number of rotatable bonds is 5. The quantitative estimate of drug-likeness (QED) is 0.628. The third-order valence-corrected chi connectivity index (χ3v) is 3.35. The SMILES string of the molecule is O=CCCNS(=O)(=O)c1cccc(Cl)c1. The average molecular weight is 248 g/mol. The first-order chi connectivity index (χ1) is 7.06. The Morgan fingerprint density at radius 3 is 2.73 bits per heavy atom. The van der Waals surface area contributed by atoms with Crippen LogP contribution in [0.3, 0.4) is 0 Å². The van der Waals surface area contributed by atoms with Crippen LogP contribution in [0.4, 0.5) is 0 Å². The van der Waals surface area contributed by atoms with Gasteiger partial charge in [-0.1, -0.05) is 17.7 Å². The smallest absolute Gasteiger partial charge is 0.240 e. The minimum Gasteiger partial charge on any atom is -0.303 e. The lowest BCUT2D eigenvalue weighted by Gasteiger charge is -2.04. The summed E-state index contributed by atoms with van der Waals surface area (Å²) >= 11 is 5.66. The number of carbonyl (C=O) groups excluding carboxylic acids is 1. The molecule has 0 atom stereocenters. The molecule has 0 amide bonds. The van der Waals surface area contributed by atoms with Crippen LogP contribution in [0.25, 0.3) is 0 Å². The van der Waals surface area contributed by atoms with Crippen LogP contribution in [0, 0.1) is 0 Å². The van der Waals surface area contributed by atoms with Crippen LogP contribution in [-0.2, 0) is 14.8 Å². The summed E-state index contributed by atoms with van der Waals surface area (Å²) in [4.78, 5) is 10.1. The van der Waals surface area contributed by atoms with Gasteiger partial charge in [-0.2, -0.15) is 0 Å². The molecule has 0 fully saturated rings. The van der Waals surface area contributed by atoms with Crippen molar-refractivity contribution in [2.75, 3.05) is 6.54 Å². The molecule has 0 bridgehead atoms. The standard InChI is InChI=1S/C9H10ClNO3S/c10-8-3-1-4-9(7-8)15(13,14)11-5-2-6-12/h1,3-4,6-7,11H,2,5H2. The molecule has 0 radical (unpaired) electrons. The molecule has 1 rings (SSSR count). The fourth-order valence-corrected chi connectivity index (χ4v) is 2.32. The van der Waals surface area contributed by atoms with Gasteiger partial charge in [0.25, 0.3) is 0 Å². The number of sulfonamides is 1. The topological polar surface area (TPSA) is 63.2 Å². The van der Waals surface area contributed by atoms with E-state index in [4.69, 9.17) is 11.6 Å². The average Bonchev–Trinajstić information content (AvgIpc) is 2.18. The summed E-state index contributed by atoms with van der Waals surface area (Å²) in [5.41, 5.74) is 0. The van der Waals surface area contributed by atoms with Crippen molar-refractivity contribution in [1.29, 1.82) is 0 Å². The van der Waals surface area contributed by atoms with E-state index in [1.807, 2.05) is 0 Å². The molecular weight excluding hydrogens is 238 g/mol. The first-order valence-corrected chi connectivity index (χ1v) is 6.11. The second-order valence-electron chi connectivity index (χ2n) is 2.81. The van der Waals surface area contributed by atoms with E-state index in [9.17, 15) is 13.2 Å². The van der Waals surface area contributed by atoms with Crippen molar-refractivity contribution < 1.29 is 13.2 Å². The largest absolute Gasteiger partial charge is 0.303 e. The van der Waals surface area contributed by atoms with Crippen LogP contribution in [0.2, 0.25) is 5.02 Å². The van der Waals surface area contributed by atoms with Crippen molar-refractivity contribution in [3.05, 3.63) is 29.3 Å². The molecule has 82 valence electrons. The molecule has 6 heteroatoms. The van der Waals surface area contributed by atoms with Crippen LogP contribution >= 0.6 is 11.6 Å². The Morgan fingerprint density at radius 1 is 1.40 bits per heavy atom. The molecule has 1 N–H and O–H groups in total. The van der Waals surface area contributed by atoms with E-state index in [1.165, 1.54) is 12.1 Å². The summed E-state index contributed by atoms with van der Waals surface area (Å²) in [6.45, 7) is 0.0956. The lowest BCUT2D eigenvalue weighted by atomic mass is 10.4. The van der Waals surface area contributed by atoms with E-state index >= 15 is 0 Å². The number of hydrogen-bond donors (Lipinski definition) is 1. The number of benzene rings is 1. The van der Waals surface area contributed by atoms with Crippen LogP contribution in [-0.4, -0.2) is 21.2 Å². The van der Waals surface area contributed by atoms with Gasteiger partial charge in [-0.3, -0.25) is 0 Å². The highest BCUT2D eigenvalue weighted by Crippen LogP contribution is 2.14. The third-order valence-electron chi connectivity index (χ3n) is 1.66. The molecule has 0 unspecified atom stereocenters. The zero-order valence-electron chi connectivity index (χ0n) is 7.81. The first kappa shape index (κ1) is 12.2. The van der Waals surface area contributed by atoms with Crippen LogP contribution in [0.5, 0.6) is 0 Å². The van der Waals surface area contributed by atoms with Gasteiger partial charge >= 0.3 is 0 Å². The van der Waals surface area contributed by atoms with Crippen molar-refractivity contribution in [3.8, 4) is 0 Å². The summed E-state index contributed by atoms with van der Waals surface area (Å²) in [7, 11) is -3.55. The Balaban J connectivity index is 2.82. The summed E-state index contributed by atoms with van der Waals surface area (Å²) in [6.07, 6.45) is 0.806. The van der Waals surface area contributed by atoms with E-state index in [0.29, 0.717) is 11.3 Å². The van der Waals surface area contributed by atoms with Gasteiger partial charge in [-0.15, -0.1) is 0 Å². The molecule has 0 aliphatic rings. The van der Waals surface area contributed by atoms with Gasteiger partial charge in [0.05, 0.1) is 4.90 Å². The highest BCUT2D eigenvalue weighted by molar-refractivity contribution is 7.89. The maximum atomic E-state index is 11.6. The van der Waals surface area contributed by atoms with Crippen molar-refractivity contribution >= 4 is 27.9 Å². The van der Waals surface area contributed by atoms with Gasteiger partial charge in [0, 0.05) is 18.0 Å². The van der Waals surface area contributed by atoms with Crippen molar-refractivity contribution in [2.45, 2.75) is 11.3 Å². The zero-order valence-corrected chi connectivity index (χ0v) is 9.38. The van der Waals surface area contributed by atoms with Crippen LogP contribution in [0.1, 0.15) is 6.42 Å². The molecule has 0 saturated carbocycles. The van der Waals surface area contributed by atoms with Gasteiger partial charge in [0.15, 0.2) is 0 Å². The van der Waals surface area contributed by atoms with Gasteiger partial charge in [0.1, 0.15) is 6.29 Å². The van der Waals surface area contributed by atoms with E-state index in [-0.39, 0.29) is 17.9 Å². The predicted octanol–water partition coefficient (Wildman–Crippen LogP) is 1.21. The van der Waals surface area contributed by atoms with E-state index in [2.05, 4.69) is 4.72 Å². The lowest BCUT2D eigenvalue weighted by Crippen LogP contribution is -2.24. The number of carbonyl (C=O) groups is 1. The molecule has 1 aromatic carbocycles. The Morgan fingerprint density at radius 2 is 2.13 bits per heavy atom. The molecule has 0 saturated heterocycles. The van der Waals surface area contributed by atoms with Gasteiger partial charge in [-0.05, 0) is 18.2 Å². The van der Waals surface area contributed by atoms with Crippen molar-refractivity contribution in [2.24, 2.45) is 0 Å². The highest BCUT2D eigenvalue weighted by atomic mass is 35.5. The molecule has 0 spiro atoms. The van der Waals surface area contributed by atoms with E-state index < -0.39 is 10.0 Å². The molecule has 0 aliphatic heterocycles. The minimum absolute atomic E-state index is 0.0956. The Kier molecular flexibility index (Phi) is 4.26. The van der Waals surface area contributed by atoms with E-state index in [1.54, 1.807) is 12.1 Å². The summed E-state index contributed by atoms with van der Waals surface area (Å²) in [5, 5.41) is 0.355. The number of nitrogens with one attached hydrogen (secondary N) is 1. The maximum absolute atomic E-state index is 11.6. The normalized spacial score (nSPS) is 11.3. The molecule has 4 nitrogen and oxygen atoms in total. The fourth-order valence-electron chi connectivity index (χ4n) is 0.970. The molecule has 15 heavy (non-hydrogen) atoms. The second-order valence-corrected chi connectivity index (χ2v) is 5.01. The number of halogens is 1. The summed E-state index contributed by atoms with van der Waals surface area (Å²) < 4.78 is 25.4. The zero-order chi connectivity index (χ0) is 11.3. The maximum Gasteiger partial charge on any atom is 0.240 e. The molecular formula is C9H10ClNO3S. The molecule has 0 aromatic heterocycles. The number of hydrogen-bond acceptors (Lipinski definition) is 3. The Hall–Kier alpha value is -0.910. The van der Waals surface area contributed by atoms with Crippen LogP contribution < -0.4 is 4.72 Å². The van der Waals surface area contributed by atoms with Gasteiger partial charge < -0.3 is 4.79 Å².